The first-order valence-corrected chi connectivity index (χ1v) is 10.1. The highest BCUT2D eigenvalue weighted by Gasteiger charge is 2.55. The number of hydrogen-bond acceptors (Lipinski definition) is 4. The second-order valence-electron chi connectivity index (χ2n) is 8.54. The van der Waals surface area contributed by atoms with Crippen LogP contribution in [-0.2, 0) is 22.1 Å². The minimum Gasteiger partial charge on any atom is -0.378 e. The Balaban J connectivity index is 1.57. The van der Waals surface area contributed by atoms with Gasteiger partial charge in [-0.05, 0) is 30.5 Å². The van der Waals surface area contributed by atoms with Crippen molar-refractivity contribution in [2.24, 2.45) is 7.05 Å². The summed E-state index contributed by atoms with van der Waals surface area (Å²) in [6.07, 6.45) is 5.42. The summed E-state index contributed by atoms with van der Waals surface area (Å²) in [5.41, 5.74) is 1.80. The summed E-state index contributed by atoms with van der Waals surface area (Å²) >= 11 is 0. The Morgan fingerprint density at radius 1 is 1.17 bits per heavy atom. The molecule has 1 aromatic heterocycles. The van der Waals surface area contributed by atoms with E-state index in [0.29, 0.717) is 13.1 Å². The molecule has 2 heterocycles. The van der Waals surface area contributed by atoms with Gasteiger partial charge in [0.25, 0.3) is 0 Å². The quantitative estimate of drug-likeness (QED) is 0.836. The summed E-state index contributed by atoms with van der Waals surface area (Å²) in [4.78, 5) is 33.8. The molecular formula is C22H29N5O2. The standard InChI is InChI=1S/C22H29N5O2/c1-15(28)24-19-14-27(13-18(19)20-23-11-12-26(20)4)21(29)22(9-10-22)16-5-7-17(8-6-16)25(2)3/h5-8,11-12,18-19H,9-10,13-14H2,1-4H3,(H,24,28)/t18-,19-/m1/s1. The highest BCUT2D eigenvalue weighted by molar-refractivity contribution is 5.92. The molecule has 1 aromatic carbocycles. The molecule has 29 heavy (non-hydrogen) atoms. The van der Waals surface area contributed by atoms with Crippen molar-refractivity contribution >= 4 is 17.5 Å². The van der Waals surface area contributed by atoms with Gasteiger partial charge in [-0.1, -0.05) is 12.1 Å². The van der Waals surface area contributed by atoms with Crippen LogP contribution in [0, 0.1) is 0 Å². The summed E-state index contributed by atoms with van der Waals surface area (Å²) in [5.74, 6) is 0.986. The van der Waals surface area contributed by atoms with Crippen LogP contribution in [0.2, 0.25) is 0 Å². The molecule has 2 aromatic rings. The smallest absolute Gasteiger partial charge is 0.233 e. The molecule has 0 unspecified atom stereocenters. The van der Waals surface area contributed by atoms with Crippen molar-refractivity contribution in [2.45, 2.75) is 37.1 Å². The molecule has 1 aliphatic heterocycles. The van der Waals surface area contributed by atoms with Crippen LogP contribution in [0.5, 0.6) is 0 Å². The van der Waals surface area contributed by atoms with E-state index >= 15 is 0 Å². The van der Waals surface area contributed by atoms with E-state index in [1.54, 1.807) is 6.20 Å². The van der Waals surface area contributed by atoms with Crippen LogP contribution in [-0.4, -0.2) is 59.5 Å². The molecule has 154 valence electrons. The van der Waals surface area contributed by atoms with E-state index in [1.807, 2.05) is 36.8 Å². The Morgan fingerprint density at radius 2 is 1.86 bits per heavy atom. The zero-order valence-electron chi connectivity index (χ0n) is 17.6. The molecule has 0 radical (unpaired) electrons. The highest BCUT2D eigenvalue weighted by Crippen LogP contribution is 2.50. The predicted molar refractivity (Wildman–Crippen MR) is 112 cm³/mol. The number of aromatic nitrogens is 2. The van der Waals surface area contributed by atoms with Crippen LogP contribution < -0.4 is 10.2 Å². The third-order valence-corrected chi connectivity index (χ3v) is 6.28. The van der Waals surface area contributed by atoms with Gasteiger partial charge >= 0.3 is 0 Å². The van der Waals surface area contributed by atoms with Gasteiger partial charge in [-0.2, -0.15) is 0 Å². The van der Waals surface area contributed by atoms with E-state index in [1.165, 1.54) is 6.92 Å². The lowest BCUT2D eigenvalue weighted by Crippen LogP contribution is -2.41. The lowest BCUT2D eigenvalue weighted by atomic mass is 9.94. The fraction of sp³-hybridized carbons (Fsp3) is 0.500. The van der Waals surface area contributed by atoms with Crippen molar-refractivity contribution in [1.29, 1.82) is 0 Å². The molecule has 0 spiro atoms. The van der Waals surface area contributed by atoms with Gasteiger partial charge in [0.1, 0.15) is 5.82 Å². The predicted octanol–water partition coefficient (Wildman–Crippen LogP) is 1.65. The molecule has 1 aliphatic carbocycles. The topological polar surface area (TPSA) is 70.5 Å². The van der Waals surface area contributed by atoms with Gasteiger partial charge in [0.2, 0.25) is 11.8 Å². The number of aryl methyl sites for hydroxylation is 1. The van der Waals surface area contributed by atoms with Crippen LogP contribution >= 0.6 is 0 Å². The maximum atomic E-state index is 13.6. The monoisotopic (exact) mass is 395 g/mol. The van der Waals surface area contributed by atoms with Crippen molar-refractivity contribution in [3.63, 3.8) is 0 Å². The SMILES string of the molecule is CC(=O)N[C@@H]1CN(C(=O)C2(c3ccc(N(C)C)cc3)CC2)C[C@H]1c1nccn1C. The molecule has 1 saturated carbocycles. The van der Waals surface area contributed by atoms with Crippen molar-refractivity contribution in [2.75, 3.05) is 32.1 Å². The van der Waals surface area contributed by atoms with Crippen LogP contribution in [0.25, 0.3) is 0 Å². The number of amides is 2. The largest absolute Gasteiger partial charge is 0.378 e. The Labute approximate surface area is 171 Å². The minimum atomic E-state index is -0.415. The molecule has 2 aliphatic rings. The molecular weight excluding hydrogens is 366 g/mol. The average Bonchev–Trinajstić information content (AvgIpc) is 3.24. The summed E-state index contributed by atoms with van der Waals surface area (Å²) in [7, 11) is 5.97. The molecule has 2 amide bonds. The average molecular weight is 396 g/mol. The van der Waals surface area contributed by atoms with Gasteiger partial charge in [-0.15, -0.1) is 0 Å². The lowest BCUT2D eigenvalue weighted by molar-refractivity contribution is -0.133. The number of nitrogens with zero attached hydrogens (tertiary/aromatic N) is 4. The van der Waals surface area contributed by atoms with E-state index in [0.717, 1.165) is 29.9 Å². The van der Waals surface area contributed by atoms with Gasteiger partial charge in [-0.3, -0.25) is 9.59 Å². The lowest BCUT2D eigenvalue weighted by Gasteiger charge is -2.24. The maximum absolute atomic E-state index is 13.6. The second kappa shape index (κ2) is 7.21. The van der Waals surface area contributed by atoms with Crippen LogP contribution in [0.3, 0.4) is 0 Å². The van der Waals surface area contributed by atoms with Gasteiger partial charge in [0, 0.05) is 59.2 Å². The number of carbonyl (C=O) groups is 2. The van der Waals surface area contributed by atoms with Crippen molar-refractivity contribution in [1.82, 2.24) is 19.8 Å². The summed E-state index contributed by atoms with van der Waals surface area (Å²) in [5, 5.41) is 3.03. The van der Waals surface area contributed by atoms with E-state index in [4.69, 9.17) is 0 Å². The third-order valence-electron chi connectivity index (χ3n) is 6.28. The number of carbonyl (C=O) groups excluding carboxylic acids is 2. The Hall–Kier alpha value is -2.83. The number of benzene rings is 1. The molecule has 1 N–H and O–H groups in total. The first-order valence-electron chi connectivity index (χ1n) is 10.1. The zero-order chi connectivity index (χ0) is 20.8. The van der Waals surface area contributed by atoms with E-state index in [2.05, 4.69) is 39.5 Å². The van der Waals surface area contributed by atoms with Crippen molar-refractivity contribution < 1.29 is 9.59 Å². The molecule has 7 heteroatoms. The molecule has 4 rings (SSSR count). The molecule has 0 bridgehead atoms. The molecule has 2 atom stereocenters. The molecule has 2 fully saturated rings. The third kappa shape index (κ3) is 3.50. The summed E-state index contributed by atoms with van der Waals surface area (Å²) < 4.78 is 1.97. The number of likely N-dealkylation sites (tertiary alicyclic amines) is 1. The Bertz CT molecular complexity index is 914. The van der Waals surface area contributed by atoms with E-state index in [-0.39, 0.29) is 23.8 Å². The first kappa shape index (κ1) is 19.5. The maximum Gasteiger partial charge on any atom is 0.233 e. The van der Waals surface area contributed by atoms with Gasteiger partial charge in [0.05, 0.1) is 17.4 Å². The number of hydrogen-bond donors (Lipinski definition) is 1. The second-order valence-corrected chi connectivity index (χ2v) is 8.54. The van der Waals surface area contributed by atoms with Crippen molar-refractivity contribution in [3.05, 3.63) is 48.0 Å². The number of nitrogens with one attached hydrogen (secondary N) is 1. The van der Waals surface area contributed by atoms with Gasteiger partial charge < -0.3 is 19.7 Å². The Morgan fingerprint density at radius 3 is 2.38 bits per heavy atom. The van der Waals surface area contributed by atoms with Gasteiger partial charge in [-0.25, -0.2) is 4.98 Å². The summed E-state index contributed by atoms with van der Waals surface area (Å²) in [6, 6.07) is 8.19. The molecule has 1 saturated heterocycles. The van der Waals surface area contributed by atoms with Crippen LogP contribution in [0.1, 0.15) is 37.1 Å². The molecule has 7 nitrogen and oxygen atoms in total. The normalized spacial score (nSPS) is 22.4. The Kier molecular flexibility index (Phi) is 4.84. The highest BCUT2D eigenvalue weighted by atomic mass is 16.2. The van der Waals surface area contributed by atoms with E-state index in [9.17, 15) is 9.59 Å². The van der Waals surface area contributed by atoms with Gasteiger partial charge in [0.15, 0.2) is 0 Å². The zero-order valence-corrected chi connectivity index (χ0v) is 17.6. The summed E-state index contributed by atoms with van der Waals surface area (Å²) in [6.45, 7) is 2.62. The number of rotatable bonds is 5. The van der Waals surface area contributed by atoms with Crippen LogP contribution in [0.4, 0.5) is 5.69 Å². The van der Waals surface area contributed by atoms with Crippen LogP contribution in [0.15, 0.2) is 36.7 Å². The van der Waals surface area contributed by atoms with E-state index < -0.39 is 5.41 Å². The number of anilines is 1. The first-order chi connectivity index (χ1) is 13.8. The fourth-order valence-electron chi connectivity index (χ4n) is 4.51. The number of imidazole rings is 1. The minimum absolute atomic E-state index is 0.00485. The van der Waals surface area contributed by atoms with Crippen molar-refractivity contribution in [3.8, 4) is 0 Å². The fourth-order valence-corrected chi connectivity index (χ4v) is 4.51.